The number of nitrogens with zero attached hydrogens (tertiary/aromatic N) is 1. The highest BCUT2D eigenvalue weighted by Gasteiger charge is 2.15. The van der Waals surface area contributed by atoms with E-state index in [-0.39, 0.29) is 6.42 Å². The maximum absolute atomic E-state index is 10.3. The summed E-state index contributed by atoms with van der Waals surface area (Å²) in [6, 6.07) is 0.527. The van der Waals surface area contributed by atoms with Crippen LogP contribution in [0.5, 0.6) is 0 Å². The number of carboxylic acid groups (broad SMARTS) is 1. The van der Waals surface area contributed by atoms with Crippen molar-refractivity contribution in [2.45, 2.75) is 38.6 Å². The van der Waals surface area contributed by atoms with Crippen LogP contribution < -0.4 is 5.32 Å². The molecule has 1 rings (SSSR count). The summed E-state index contributed by atoms with van der Waals surface area (Å²) in [4.78, 5) is 12.8. The zero-order valence-electron chi connectivity index (χ0n) is 9.54. The first kappa shape index (κ1) is 12.5. The molecule has 4 heteroatoms. The summed E-state index contributed by atoms with van der Waals surface area (Å²) in [5.74, 6) is -0.729. The van der Waals surface area contributed by atoms with Gasteiger partial charge < -0.3 is 10.4 Å². The smallest absolute Gasteiger partial charge is 0.304 e. The third kappa shape index (κ3) is 5.14. The van der Waals surface area contributed by atoms with Crippen molar-refractivity contribution in [2.24, 2.45) is 0 Å². The van der Waals surface area contributed by atoms with Gasteiger partial charge in [0, 0.05) is 19.1 Å². The number of likely N-dealkylation sites (tertiary alicyclic amines) is 1. The highest BCUT2D eigenvalue weighted by molar-refractivity contribution is 5.66. The zero-order valence-corrected chi connectivity index (χ0v) is 9.54. The second-order valence-electron chi connectivity index (χ2n) is 4.29. The first-order valence-electron chi connectivity index (χ1n) is 5.86. The van der Waals surface area contributed by atoms with Gasteiger partial charge in [0.05, 0.1) is 6.42 Å². The first-order valence-corrected chi connectivity index (χ1v) is 5.86. The van der Waals surface area contributed by atoms with Crippen LogP contribution in [0.1, 0.15) is 32.6 Å². The molecule has 1 fully saturated rings. The van der Waals surface area contributed by atoms with Crippen molar-refractivity contribution in [3.8, 4) is 0 Å². The lowest BCUT2D eigenvalue weighted by molar-refractivity contribution is -0.136. The van der Waals surface area contributed by atoms with E-state index in [0.29, 0.717) is 12.6 Å². The van der Waals surface area contributed by atoms with E-state index in [9.17, 15) is 4.79 Å². The number of rotatable bonds is 6. The molecule has 1 heterocycles. The van der Waals surface area contributed by atoms with Crippen molar-refractivity contribution in [3.63, 3.8) is 0 Å². The second kappa shape index (κ2) is 6.80. The summed E-state index contributed by atoms with van der Waals surface area (Å²) in [7, 11) is 0. The molecule has 0 aromatic heterocycles. The summed E-state index contributed by atoms with van der Waals surface area (Å²) < 4.78 is 0. The van der Waals surface area contributed by atoms with Gasteiger partial charge in [-0.1, -0.05) is 6.42 Å². The Balaban J connectivity index is 2.06. The minimum Gasteiger partial charge on any atom is -0.481 e. The molecule has 0 saturated carbocycles. The number of carboxylic acids is 1. The summed E-state index contributed by atoms with van der Waals surface area (Å²) in [5.41, 5.74) is 0. The maximum Gasteiger partial charge on any atom is 0.304 e. The Morgan fingerprint density at radius 2 is 2.07 bits per heavy atom. The number of hydrogen-bond acceptors (Lipinski definition) is 3. The molecule has 1 unspecified atom stereocenters. The Kier molecular flexibility index (Phi) is 5.65. The van der Waals surface area contributed by atoms with Crippen LogP contribution in [0.3, 0.4) is 0 Å². The van der Waals surface area contributed by atoms with Gasteiger partial charge in [-0.05, 0) is 32.9 Å². The van der Waals surface area contributed by atoms with Gasteiger partial charge in [0.2, 0.25) is 0 Å². The molecular weight excluding hydrogens is 192 g/mol. The van der Waals surface area contributed by atoms with Crippen LogP contribution in [0.25, 0.3) is 0 Å². The lowest BCUT2D eigenvalue weighted by atomic mass is 10.1. The van der Waals surface area contributed by atoms with Gasteiger partial charge in [0.15, 0.2) is 0 Å². The average Bonchev–Trinajstić information content (AvgIpc) is 2.25. The van der Waals surface area contributed by atoms with E-state index in [4.69, 9.17) is 5.11 Å². The van der Waals surface area contributed by atoms with E-state index >= 15 is 0 Å². The van der Waals surface area contributed by atoms with E-state index < -0.39 is 5.97 Å². The van der Waals surface area contributed by atoms with E-state index in [1.54, 1.807) is 0 Å². The van der Waals surface area contributed by atoms with Crippen LogP contribution in [0, 0.1) is 0 Å². The minimum atomic E-state index is -0.729. The SMILES string of the molecule is CC(CNCCC(=O)O)N1CCCCC1. The summed E-state index contributed by atoms with van der Waals surface area (Å²) in [6.07, 6.45) is 4.18. The van der Waals surface area contributed by atoms with Crippen LogP contribution in [0.4, 0.5) is 0 Å². The fourth-order valence-electron chi connectivity index (χ4n) is 1.99. The van der Waals surface area contributed by atoms with Crippen LogP contribution >= 0.6 is 0 Å². The van der Waals surface area contributed by atoms with E-state index in [1.807, 2.05) is 0 Å². The van der Waals surface area contributed by atoms with Gasteiger partial charge in [-0.3, -0.25) is 9.69 Å². The Morgan fingerprint density at radius 1 is 1.40 bits per heavy atom. The van der Waals surface area contributed by atoms with E-state index in [0.717, 1.165) is 6.54 Å². The fourth-order valence-corrected chi connectivity index (χ4v) is 1.99. The van der Waals surface area contributed by atoms with Crippen molar-refractivity contribution in [1.82, 2.24) is 10.2 Å². The Labute approximate surface area is 91.6 Å². The first-order chi connectivity index (χ1) is 7.20. The number of hydrogen-bond donors (Lipinski definition) is 2. The highest BCUT2D eigenvalue weighted by atomic mass is 16.4. The van der Waals surface area contributed by atoms with E-state index in [2.05, 4.69) is 17.1 Å². The van der Waals surface area contributed by atoms with Crippen LogP contribution in [-0.2, 0) is 4.79 Å². The van der Waals surface area contributed by atoms with Crippen LogP contribution in [0.15, 0.2) is 0 Å². The monoisotopic (exact) mass is 214 g/mol. The molecule has 1 atom stereocenters. The largest absolute Gasteiger partial charge is 0.481 e. The Hall–Kier alpha value is -0.610. The van der Waals surface area contributed by atoms with Gasteiger partial charge >= 0.3 is 5.97 Å². The second-order valence-corrected chi connectivity index (χ2v) is 4.29. The lowest BCUT2D eigenvalue weighted by Gasteiger charge is -2.32. The predicted molar refractivity (Wildman–Crippen MR) is 60.0 cm³/mol. The standard InChI is InChI=1S/C11H22N2O2/c1-10(9-12-6-5-11(14)15)13-7-3-2-4-8-13/h10,12H,2-9H2,1H3,(H,14,15). The molecule has 15 heavy (non-hydrogen) atoms. The normalized spacial score (nSPS) is 20.1. The number of piperidine rings is 1. The Bertz CT molecular complexity index is 191. The topological polar surface area (TPSA) is 52.6 Å². The summed E-state index contributed by atoms with van der Waals surface area (Å²) in [6.45, 7) is 6.07. The van der Waals surface area contributed by atoms with Crippen molar-refractivity contribution >= 4 is 5.97 Å². The predicted octanol–water partition coefficient (Wildman–Crippen LogP) is 0.925. The zero-order chi connectivity index (χ0) is 11.1. The van der Waals surface area contributed by atoms with Gasteiger partial charge in [-0.25, -0.2) is 0 Å². The number of nitrogens with one attached hydrogen (secondary N) is 1. The molecule has 0 amide bonds. The van der Waals surface area contributed by atoms with Crippen LogP contribution in [0.2, 0.25) is 0 Å². The van der Waals surface area contributed by atoms with Crippen molar-refractivity contribution in [1.29, 1.82) is 0 Å². The molecule has 0 aromatic carbocycles. The summed E-state index contributed by atoms with van der Waals surface area (Å²) >= 11 is 0. The molecule has 0 radical (unpaired) electrons. The van der Waals surface area contributed by atoms with Crippen LogP contribution in [-0.4, -0.2) is 48.2 Å². The molecule has 0 spiro atoms. The quantitative estimate of drug-likeness (QED) is 0.646. The molecule has 0 bridgehead atoms. The molecule has 0 aliphatic carbocycles. The molecule has 88 valence electrons. The van der Waals surface area contributed by atoms with Crippen molar-refractivity contribution < 1.29 is 9.90 Å². The molecule has 1 aliphatic rings. The molecule has 1 aliphatic heterocycles. The number of aliphatic carboxylic acids is 1. The fraction of sp³-hybridized carbons (Fsp3) is 0.909. The summed E-state index contributed by atoms with van der Waals surface area (Å²) in [5, 5.41) is 11.7. The Morgan fingerprint density at radius 3 is 2.67 bits per heavy atom. The molecule has 1 saturated heterocycles. The molecule has 2 N–H and O–H groups in total. The van der Waals surface area contributed by atoms with Crippen molar-refractivity contribution in [2.75, 3.05) is 26.2 Å². The van der Waals surface area contributed by atoms with Gasteiger partial charge in [-0.2, -0.15) is 0 Å². The van der Waals surface area contributed by atoms with E-state index in [1.165, 1.54) is 32.4 Å². The molecule has 4 nitrogen and oxygen atoms in total. The molecular formula is C11H22N2O2. The third-order valence-electron chi connectivity index (χ3n) is 2.97. The van der Waals surface area contributed by atoms with Gasteiger partial charge in [-0.15, -0.1) is 0 Å². The third-order valence-corrected chi connectivity index (χ3v) is 2.97. The molecule has 0 aromatic rings. The minimum absolute atomic E-state index is 0.215. The maximum atomic E-state index is 10.3. The highest BCUT2D eigenvalue weighted by Crippen LogP contribution is 2.11. The van der Waals surface area contributed by atoms with Gasteiger partial charge in [0.1, 0.15) is 0 Å². The lowest BCUT2D eigenvalue weighted by Crippen LogP contribution is -2.43. The van der Waals surface area contributed by atoms with Gasteiger partial charge in [0.25, 0.3) is 0 Å². The average molecular weight is 214 g/mol. The number of carbonyl (C=O) groups is 1. The van der Waals surface area contributed by atoms with Crippen molar-refractivity contribution in [3.05, 3.63) is 0 Å².